The molecule has 0 bridgehead atoms. The number of hydrogen-bond acceptors (Lipinski definition) is 3. The van der Waals surface area contributed by atoms with Gasteiger partial charge in [-0.3, -0.25) is 0 Å². The van der Waals surface area contributed by atoms with Crippen LogP contribution >= 0.6 is 11.3 Å². The summed E-state index contributed by atoms with van der Waals surface area (Å²) in [4.78, 5) is 10.7. The van der Waals surface area contributed by atoms with E-state index >= 15 is 0 Å². The molecular formula is C34H34IrN2S-2. The predicted molar refractivity (Wildman–Crippen MR) is 157 cm³/mol. The normalized spacial score (nSPS) is 12.5. The summed E-state index contributed by atoms with van der Waals surface area (Å²) in [5, 5.41) is 1.43. The Balaban J connectivity index is 0.000000185. The quantitative estimate of drug-likeness (QED) is 0.176. The van der Waals surface area contributed by atoms with Gasteiger partial charge in [-0.1, -0.05) is 49.9 Å². The van der Waals surface area contributed by atoms with Gasteiger partial charge >= 0.3 is 0 Å². The molecule has 5 aromatic rings. The summed E-state index contributed by atoms with van der Waals surface area (Å²) in [5.74, 6) is 0.523. The van der Waals surface area contributed by atoms with Crippen molar-refractivity contribution in [2.45, 2.75) is 66.2 Å². The van der Waals surface area contributed by atoms with Gasteiger partial charge in [-0.2, -0.15) is 11.3 Å². The number of pyridine rings is 2. The van der Waals surface area contributed by atoms with Crippen LogP contribution in [-0.4, -0.2) is 9.97 Å². The number of rotatable bonds is 3. The Kier molecular flexibility index (Phi) is 9.31. The van der Waals surface area contributed by atoms with Gasteiger partial charge in [-0.25, -0.2) is 0 Å². The number of nitrogens with zero attached hydrogens (tertiary/aromatic N) is 2. The van der Waals surface area contributed by atoms with Crippen molar-refractivity contribution < 1.29 is 20.1 Å². The molecule has 0 saturated heterocycles. The number of fused-ring (bicyclic) bond motifs is 3. The molecule has 3 aromatic heterocycles. The Morgan fingerprint density at radius 1 is 0.842 bits per heavy atom. The molecule has 2 aromatic carbocycles. The Labute approximate surface area is 244 Å². The van der Waals surface area contributed by atoms with Crippen molar-refractivity contribution >= 4 is 21.4 Å². The molecule has 0 saturated carbocycles. The van der Waals surface area contributed by atoms with E-state index in [2.05, 4.69) is 94.2 Å². The first-order valence-corrected chi connectivity index (χ1v) is 14.1. The van der Waals surface area contributed by atoms with Crippen LogP contribution in [-0.2, 0) is 32.9 Å². The molecular weight excluding hydrogens is 661 g/mol. The van der Waals surface area contributed by atoms with Crippen molar-refractivity contribution in [1.82, 2.24) is 9.97 Å². The van der Waals surface area contributed by atoms with E-state index in [1.54, 1.807) is 10.4 Å². The van der Waals surface area contributed by atoms with Gasteiger partial charge in [0.25, 0.3) is 0 Å². The summed E-state index contributed by atoms with van der Waals surface area (Å²) >= 11 is 1.96. The zero-order valence-electron chi connectivity index (χ0n) is 22.8. The summed E-state index contributed by atoms with van der Waals surface area (Å²) in [6.07, 6.45) is 9.07. The zero-order chi connectivity index (χ0) is 25.9. The molecule has 4 heteroatoms. The fraction of sp³-hybridized carbons (Fsp3) is 0.294. The Morgan fingerprint density at radius 3 is 2.32 bits per heavy atom. The first-order valence-electron chi connectivity index (χ1n) is 13.2. The predicted octanol–water partition coefficient (Wildman–Crippen LogP) is 9.24. The van der Waals surface area contributed by atoms with Gasteiger partial charge in [-0.15, -0.1) is 59.2 Å². The number of benzene rings is 2. The van der Waals surface area contributed by atoms with Gasteiger partial charge in [0.05, 0.1) is 0 Å². The Hall–Kier alpha value is -2.65. The molecule has 0 unspecified atom stereocenters. The average Bonchev–Trinajstić information content (AvgIpc) is 3.30. The van der Waals surface area contributed by atoms with Gasteiger partial charge in [-0.05, 0) is 83.1 Å². The first kappa shape index (κ1) is 28.4. The van der Waals surface area contributed by atoms with E-state index in [-0.39, 0.29) is 20.1 Å². The largest absolute Gasteiger partial charge is 0.304 e. The molecule has 0 aliphatic heterocycles. The Morgan fingerprint density at radius 2 is 1.63 bits per heavy atom. The number of hydrogen-bond donors (Lipinski definition) is 0. The van der Waals surface area contributed by atoms with Crippen molar-refractivity contribution in [3.8, 4) is 22.5 Å². The van der Waals surface area contributed by atoms with Gasteiger partial charge in [0.1, 0.15) is 0 Å². The smallest absolute Gasteiger partial charge is 0.0195 e. The fourth-order valence-electron chi connectivity index (χ4n) is 4.74. The molecule has 0 atom stereocenters. The summed E-state index contributed by atoms with van der Waals surface area (Å²) in [5.41, 5.74) is 10.9. The number of thiophene rings is 1. The zero-order valence-corrected chi connectivity index (χ0v) is 26.0. The van der Waals surface area contributed by atoms with Gasteiger partial charge < -0.3 is 9.97 Å². The topological polar surface area (TPSA) is 25.8 Å². The van der Waals surface area contributed by atoms with E-state index in [0.29, 0.717) is 5.92 Å². The minimum Gasteiger partial charge on any atom is -0.304 e. The molecule has 1 aliphatic carbocycles. The second kappa shape index (κ2) is 12.5. The average molecular weight is 695 g/mol. The third-order valence-electron chi connectivity index (χ3n) is 7.24. The molecule has 3 heterocycles. The van der Waals surface area contributed by atoms with Crippen LogP contribution in [0.15, 0.2) is 60.9 Å². The molecule has 1 aliphatic rings. The minimum atomic E-state index is 0. The van der Waals surface area contributed by atoms with E-state index in [0.717, 1.165) is 17.0 Å². The van der Waals surface area contributed by atoms with Crippen LogP contribution in [0.25, 0.3) is 32.6 Å². The van der Waals surface area contributed by atoms with Crippen LogP contribution in [0.4, 0.5) is 0 Å². The van der Waals surface area contributed by atoms with Gasteiger partial charge in [0.15, 0.2) is 0 Å². The third kappa shape index (κ3) is 6.15. The van der Waals surface area contributed by atoms with Crippen LogP contribution in [0.2, 0.25) is 0 Å². The second-order valence-corrected chi connectivity index (χ2v) is 11.5. The SMILES string of the molecule is CC(C)c1ccc(-c2[c-]ccc3c4c(sc23)CCCC4)nc1.Cc1c[c-]c(-c2cc(C)c(C)cn2)cc1.[Ir]. The number of aromatic nitrogens is 2. The van der Waals surface area contributed by atoms with Crippen LogP contribution in [0, 0.1) is 32.9 Å². The number of aryl methyl sites for hydroxylation is 5. The molecule has 38 heavy (non-hydrogen) atoms. The molecule has 1 radical (unpaired) electrons. The van der Waals surface area contributed by atoms with Crippen molar-refractivity contribution in [2.75, 3.05) is 0 Å². The van der Waals surface area contributed by atoms with Gasteiger partial charge in [0, 0.05) is 32.5 Å². The fourth-order valence-corrected chi connectivity index (χ4v) is 6.14. The maximum Gasteiger partial charge on any atom is 0.0195 e. The first-order chi connectivity index (χ1) is 17.9. The van der Waals surface area contributed by atoms with Crippen LogP contribution < -0.4 is 0 Å². The van der Waals surface area contributed by atoms with Crippen molar-refractivity contribution in [1.29, 1.82) is 0 Å². The van der Waals surface area contributed by atoms with Crippen LogP contribution in [0.3, 0.4) is 0 Å². The second-order valence-electron chi connectivity index (χ2n) is 10.4. The molecule has 2 nitrogen and oxygen atoms in total. The maximum absolute atomic E-state index is 4.70. The molecule has 197 valence electrons. The van der Waals surface area contributed by atoms with E-state index in [9.17, 15) is 0 Å². The summed E-state index contributed by atoms with van der Waals surface area (Å²) in [7, 11) is 0. The van der Waals surface area contributed by atoms with E-state index < -0.39 is 0 Å². The van der Waals surface area contributed by atoms with Crippen LogP contribution in [0.1, 0.15) is 65.3 Å². The van der Waals surface area contributed by atoms with E-state index in [1.165, 1.54) is 63.6 Å². The van der Waals surface area contributed by atoms with Crippen molar-refractivity contribution in [2.24, 2.45) is 0 Å². The minimum absolute atomic E-state index is 0. The Bertz CT molecular complexity index is 1520. The van der Waals surface area contributed by atoms with Crippen LogP contribution in [0.5, 0.6) is 0 Å². The maximum atomic E-state index is 4.70. The van der Waals surface area contributed by atoms with E-state index in [4.69, 9.17) is 4.98 Å². The summed E-state index contributed by atoms with van der Waals surface area (Å²) in [6, 6.07) is 23.6. The molecule has 0 amide bonds. The molecule has 0 spiro atoms. The third-order valence-corrected chi connectivity index (χ3v) is 8.57. The van der Waals surface area contributed by atoms with Crippen molar-refractivity contribution in [3.63, 3.8) is 0 Å². The van der Waals surface area contributed by atoms with E-state index in [1.807, 2.05) is 29.8 Å². The monoisotopic (exact) mass is 695 g/mol. The molecule has 0 fully saturated rings. The molecule has 0 N–H and O–H groups in total. The summed E-state index contributed by atoms with van der Waals surface area (Å²) < 4.78 is 1.37. The summed E-state index contributed by atoms with van der Waals surface area (Å²) in [6.45, 7) is 10.7. The van der Waals surface area contributed by atoms with Gasteiger partial charge in [0.2, 0.25) is 0 Å². The van der Waals surface area contributed by atoms with Crippen molar-refractivity contribution in [3.05, 3.63) is 106 Å². The molecule has 6 rings (SSSR count). The standard InChI is InChI=1S/C20H20NS.C14H14N.Ir/c1-13(2)14-10-11-18(21-12-14)17-8-5-7-16-15-6-3-4-9-19(15)22-20(16)17;1-10-4-6-13(7-5-10)14-8-11(2)12(3)9-15-14;/h5,7,10-13H,3-4,6,9H2,1-2H3;4-6,8-9H,1-3H3;/q2*-1;.